The zero-order valence-corrected chi connectivity index (χ0v) is 22.6. The number of hydrogen-bond donors (Lipinski definition) is 1. The standard InChI is InChI=1S/C29H30N4O4S/c1-21-12-8-9-15-26(21)33-22(2)18-24(23(33)3)19-30-31-29(34)20-32(27-16-10-11-17-28(27)37-4)38(35,36)25-13-6-5-7-14-25/h5-19H,20H2,1-4H3,(H,31,34)/b30-19-. The topological polar surface area (TPSA) is 93.0 Å². The number of hydrazone groups is 1. The minimum absolute atomic E-state index is 0.0610. The van der Waals surface area contributed by atoms with Crippen molar-refractivity contribution in [2.24, 2.45) is 5.10 Å². The van der Waals surface area contributed by atoms with Gasteiger partial charge in [0.2, 0.25) is 0 Å². The maximum absolute atomic E-state index is 13.5. The minimum atomic E-state index is -4.07. The Morgan fingerprint density at radius 2 is 1.63 bits per heavy atom. The van der Waals surface area contributed by atoms with Gasteiger partial charge in [-0.05, 0) is 62.7 Å². The van der Waals surface area contributed by atoms with Gasteiger partial charge in [0.25, 0.3) is 15.9 Å². The lowest BCUT2D eigenvalue weighted by Gasteiger charge is -2.25. The zero-order valence-electron chi connectivity index (χ0n) is 21.8. The molecule has 0 aliphatic rings. The first-order valence-electron chi connectivity index (χ1n) is 12.0. The van der Waals surface area contributed by atoms with E-state index in [0.29, 0.717) is 5.75 Å². The summed E-state index contributed by atoms with van der Waals surface area (Å²) in [5.41, 5.74) is 7.77. The van der Waals surface area contributed by atoms with Crippen molar-refractivity contribution in [1.29, 1.82) is 0 Å². The predicted octanol–water partition coefficient (Wildman–Crippen LogP) is 4.76. The molecule has 4 rings (SSSR count). The van der Waals surface area contributed by atoms with Crippen LogP contribution >= 0.6 is 0 Å². The van der Waals surface area contributed by atoms with E-state index in [1.54, 1.807) is 48.7 Å². The molecule has 1 N–H and O–H groups in total. The highest BCUT2D eigenvalue weighted by molar-refractivity contribution is 7.92. The van der Waals surface area contributed by atoms with E-state index < -0.39 is 22.5 Å². The molecule has 38 heavy (non-hydrogen) atoms. The summed E-state index contributed by atoms with van der Waals surface area (Å²) in [5.74, 6) is -0.272. The van der Waals surface area contributed by atoms with Gasteiger partial charge < -0.3 is 9.30 Å². The normalized spacial score (nSPS) is 11.5. The van der Waals surface area contributed by atoms with Gasteiger partial charge in [-0.3, -0.25) is 9.10 Å². The molecule has 0 bridgehead atoms. The molecule has 0 atom stereocenters. The van der Waals surface area contributed by atoms with Gasteiger partial charge in [0.1, 0.15) is 12.3 Å². The van der Waals surface area contributed by atoms with Gasteiger partial charge in [-0.15, -0.1) is 0 Å². The van der Waals surface area contributed by atoms with Crippen LogP contribution in [0.3, 0.4) is 0 Å². The Labute approximate surface area is 223 Å². The van der Waals surface area contributed by atoms with Crippen LogP contribution in [-0.2, 0) is 14.8 Å². The SMILES string of the molecule is COc1ccccc1N(CC(=O)N/N=C\c1cc(C)n(-c2ccccc2C)c1C)S(=O)(=O)c1ccccc1. The first-order chi connectivity index (χ1) is 18.2. The van der Waals surface area contributed by atoms with Gasteiger partial charge in [0.15, 0.2) is 0 Å². The van der Waals surface area contributed by atoms with Crippen molar-refractivity contribution in [3.05, 3.63) is 107 Å². The highest BCUT2D eigenvalue weighted by Crippen LogP contribution is 2.32. The van der Waals surface area contributed by atoms with Crippen molar-refractivity contribution >= 4 is 27.8 Å². The second-order valence-electron chi connectivity index (χ2n) is 8.74. The molecular formula is C29H30N4O4S. The van der Waals surface area contributed by atoms with E-state index in [4.69, 9.17) is 4.74 Å². The van der Waals surface area contributed by atoms with Crippen LogP contribution in [0, 0.1) is 20.8 Å². The molecule has 0 fully saturated rings. The van der Waals surface area contributed by atoms with Crippen LogP contribution in [0.25, 0.3) is 5.69 Å². The number of carbonyl (C=O) groups excluding carboxylic acids is 1. The fourth-order valence-electron chi connectivity index (χ4n) is 4.30. The number of aryl methyl sites for hydroxylation is 2. The molecule has 0 saturated heterocycles. The van der Waals surface area contributed by atoms with Gasteiger partial charge in [-0.25, -0.2) is 13.8 Å². The fraction of sp³-hybridized carbons (Fsp3) is 0.172. The summed E-state index contributed by atoms with van der Waals surface area (Å²) in [7, 11) is -2.62. The first-order valence-corrected chi connectivity index (χ1v) is 13.5. The Morgan fingerprint density at radius 1 is 0.974 bits per heavy atom. The van der Waals surface area contributed by atoms with Crippen LogP contribution in [0.15, 0.2) is 94.9 Å². The van der Waals surface area contributed by atoms with E-state index in [0.717, 1.165) is 32.5 Å². The van der Waals surface area contributed by atoms with Crippen LogP contribution in [0.2, 0.25) is 0 Å². The average Bonchev–Trinajstić information content (AvgIpc) is 3.20. The van der Waals surface area contributed by atoms with Crippen molar-refractivity contribution in [3.8, 4) is 11.4 Å². The van der Waals surface area contributed by atoms with Crippen LogP contribution in [-0.4, -0.2) is 38.8 Å². The third-order valence-electron chi connectivity index (χ3n) is 6.19. The quantitative estimate of drug-likeness (QED) is 0.250. The monoisotopic (exact) mass is 530 g/mol. The van der Waals surface area contributed by atoms with Gasteiger partial charge in [-0.2, -0.15) is 5.10 Å². The van der Waals surface area contributed by atoms with Gasteiger partial charge >= 0.3 is 0 Å². The van der Waals surface area contributed by atoms with E-state index >= 15 is 0 Å². The highest BCUT2D eigenvalue weighted by atomic mass is 32.2. The summed E-state index contributed by atoms with van der Waals surface area (Å²) in [6, 6.07) is 24.7. The number of anilines is 1. The van der Waals surface area contributed by atoms with Crippen molar-refractivity contribution in [2.75, 3.05) is 18.0 Å². The van der Waals surface area contributed by atoms with Crippen LogP contribution in [0.1, 0.15) is 22.5 Å². The molecule has 0 unspecified atom stereocenters. The number of carbonyl (C=O) groups is 1. The van der Waals surface area contributed by atoms with Crippen molar-refractivity contribution < 1.29 is 17.9 Å². The lowest BCUT2D eigenvalue weighted by atomic mass is 10.2. The molecular weight excluding hydrogens is 500 g/mol. The lowest BCUT2D eigenvalue weighted by Crippen LogP contribution is -2.39. The molecule has 4 aromatic rings. The maximum atomic E-state index is 13.5. The molecule has 1 aromatic heterocycles. The third kappa shape index (κ3) is 5.47. The second-order valence-corrected chi connectivity index (χ2v) is 10.6. The summed E-state index contributed by atoms with van der Waals surface area (Å²) in [6.45, 7) is 5.56. The average molecular weight is 531 g/mol. The second kappa shape index (κ2) is 11.4. The molecule has 0 spiro atoms. The van der Waals surface area contributed by atoms with Crippen molar-refractivity contribution in [1.82, 2.24) is 9.99 Å². The number of nitrogens with one attached hydrogen (secondary N) is 1. The molecule has 1 heterocycles. The van der Waals surface area contributed by atoms with Gasteiger partial charge in [0.05, 0.1) is 23.9 Å². The summed E-state index contributed by atoms with van der Waals surface area (Å²) in [4.78, 5) is 13.0. The molecule has 0 radical (unpaired) electrons. The summed E-state index contributed by atoms with van der Waals surface area (Å²) in [5, 5.41) is 4.13. The number of aromatic nitrogens is 1. The Bertz CT molecular complexity index is 1580. The number of para-hydroxylation sites is 3. The Morgan fingerprint density at radius 3 is 2.34 bits per heavy atom. The molecule has 0 aliphatic heterocycles. The number of amides is 1. The number of nitrogens with zero attached hydrogens (tertiary/aromatic N) is 3. The lowest BCUT2D eigenvalue weighted by molar-refractivity contribution is -0.119. The predicted molar refractivity (Wildman–Crippen MR) is 150 cm³/mol. The molecule has 8 nitrogen and oxygen atoms in total. The Hall–Kier alpha value is -4.37. The van der Waals surface area contributed by atoms with E-state index in [1.165, 1.54) is 19.2 Å². The third-order valence-corrected chi connectivity index (χ3v) is 7.97. The number of methoxy groups -OCH3 is 1. The Kier molecular flexibility index (Phi) is 7.97. The Balaban J connectivity index is 1.58. The molecule has 3 aromatic carbocycles. The van der Waals surface area contributed by atoms with E-state index in [2.05, 4.69) is 34.2 Å². The molecule has 1 amide bonds. The fourth-order valence-corrected chi connectivity index (χ4v) is 5.75. The van der Waals surface area contributed by atoms with Crippen molar-refractivity contribution in [2.45, 2.75) is 25.7 Å². The van der Waals surface area contributed by atoms with Gasteiger partial charge in [-0.1, -0.05) is 48.5 Å². The minimum Gasteiger partial charge on any atom is -0.495 e. The van der Waals surface area contributed by atoms with Gasteiger partial charge in [0, 0.05) is 22.6 Å². The zero-order chi connectivity index (χ0) is 27.3. The summed E-state index contributed by atoms with van der Waals surface area (Å²) >= 11 is 0. The van der Waals surface area contributed by atoms with E-state index in [9.17, 15) is 13.2 Å². The summed E-state index contributed by atoms with van der Waals surface area (Å²) < 4.78 is 35.6. The largest absolute Gasteiger partial charge is 0.495 e. The first kappa shape index (κ1) is 26.7. The van der Waals surface area contributed by atoms with E-state index in [-0.39, 0.29) is 10.6 Å². The number of ether oxygens (including phenoxy) is 1. The molecule has 0 saturated carbocycles. The van der Waals surface area contributed by atoms with E-state index in [1.807, 2.05) is 32.0 Å². The number of rotatable bonds is 9. The smallest absolute Gasteiger partial charge is 0.264 e. The number of sulfonamides is 1. The maximum Gasteiger partial charge on any atom is 0.264 e. The van der Waals surface area contributed by atoms with Crippen LogP contribution in [0.4, 0.5) is 5.69 Å². The highest BCUT2D eigenvalue weighted by Gasteiger charge is 2.29. The van der Waals surface area contributed by atoms with Crippen LogP contribution < -0.4 is 14.5 Å². The number of benzene rings is 3. The summed E-state index contributed by atoms with van der Waals surface area (Å²) in [6.07, 6.45) is 1.56. The van der Waals surface area contributed by atoms with Crippen molar-refractivity contribution in [3.63, 3.8) is 0 Å². The molecule has 9 heteroatoms. The number of hydrogen-bond acceptors (Lipinski definition) is 5. The molecule has 196 valence electrons. The molecule has 0 aliphatic carbocycles. The van der Waals surface area contributed by atoms with Crippen LogP contribution in [0.5, 0.6) is 5.75 Å².